The van der Waals surface area contributed by atoms with E-state index >= 15 is 0 Å². The molecule has 84 valence electrons. The lowest BCUT2D eigenvalue weighted by molar-refractivity contribution is -0.138. The number of benzene rings is 1. The number of aromatic nitrogens is 1. The summed E-state index contributed by atoms with van der Waals surface area (Å²) >= 11 is 0. The molecule has 0 aliphatic carbocycles. The highest BCUT2D eigenvalue weighted by Gasteiger charge is 2.34. The molecule has 6 heteroatoms. The van der Waals surface area contributed by atoms with Gasteiger partial charge in [-0.1, -0.05) is 17.3 Å². The zero-order valence-electron chi connectivity index (χ0n) is 7.86. The summed E-state index contributed by atoms with van der Waals surface area (Å²) in [5, 5.41) is 3.33. The van der Waals surface area contributed by atoms with Crippen molar-refractivity contribution >= 4 is 0 Å². The number of alkyl halides is 3. The molecule has 16 heavy (non-hydrogen) atoms. The average molecular weight is 229 g/mol. The molecule has 0 atom stereocenters. The van der Waals surface area contributed by atoms with Crippen molar-refractivity contribution in [3.05, 3.63) is 42.3 Å². The van der Waals surface area contributed by atoms with Crippen molar-refractivity contribution in [3.63, 3.8) is 0 Å². The van der Waals surface area contributed by atoms with E-state index in [4.69, 9.17) is 4.74 Å². The Morgan fingerprint density at radius 2 is 1.94 bits per heavy atom. The molecular formula is C10H6F3NO2. The molecule has 1 heterocycles. The van der Waals surface area contributed by atoms with Crippen LogP contribution in [0.25, 0.3) is 0 Å². The fourth-order valence-corrected chi connectivity index (χ4v) is 1.16. The summed E-state index contributed by atoms with van der Waals surface area (Å²) < 4.78 is 47.1. The van der Waals surface area contributed by atoms with E-state index < -0.39 is 11.7 Å². The van der Waals surface area contributed by atoms with Crippen LogP contribution >= 0.6 is 0 Å². The van der Waals surface area contributed by atoms with Crippen molar-refractivity contribution in [2.45, 2.75) is 6.18 Å². The van der Waals surface area contributed by atoms with Crippen LogP contribution in [0.4, 0.5) is 13.2 Å². The molecule has 0 saturated carbocycles. The van der Waals surface area contributed by atoms with Gasteiger partial charge in [0.25, 0.3) is 0 Å². The van der Waals surface area contributed by atoms with Gasteiger partial charge in [-0.15, -0.1) is 0 Å². The SMILES string of the molecule is FC(F)(F)c1ccccc1Oc1cnoc1. The second kappa shape index (κ2) is 3.88. The van der Waals surface area contributed by atoms with E-state index in [-0.39, 0.29) is 11.5 Å². The predicted molar refractivity (Wildman–Crippen MR) is 48.0 cm³/mol. The van der Waals surface area contributed by atoms with E-state index in [2.05, 4.69) is 9.68 Å². The van der Waals surface area contributed by atoms with Crippen molar-refractivity contribution in [3.8, 4) is 11.5 Å². The summed E-state index contributed by atoms with van der Waals surface area (Å²) in [5.41, 5.74) is -0.837. The first-order chi connectivity index (χ1) is 7.57. The van der Waals surface area contributed by atoms with Crippen LogP contribution in [0.15, 0.2) is 41.2 Å². The number of halogens is 3. The number of nitrogens with zero attached hydrogens (tertiary/aromatic N) is 1. The summed E-state index contributed by atoms with van der Waals surface area (Å²) in [5.74, 6) is -0.157. The largest absolute Gasteiger partial charge is 0.452 e. The third kappa shape index (κ3) is 2.16. The molecular weight excluding hydrogens is 223 g/mol. The highest BCUT2D eigenvalue weighted by atomic mass is 19.4. The maximum absolute atomic E-state index is 12.6. The molecule has 1 aromatic heterocycles. The molecule has 0 aliphatic heterocycles. The summed E-state index contributed by atoms with van der Waals surface area (Å²) in [6, 6.07) is 4.93. The molecule has 0 fully saturated rings. The van der Waals surface area contributed by atoms with Crippen molar-refractivity contribution in [1.82, 2.24) is 5.16 Å². The third-order valence-electron chi connectivity index (χ3n) is 1.83. The van der Waals surface area contributed by atoms with Gasteiger partial charge in [0.05, 0.1) is 5.56 Å². The Bertz CT molecular complexity index is 465. The topological polar surface area (TPSA) is 35.3 Å². The van der Waals surface area contributed by atoms with Gasteiger partial charge in [0, 0.05) is 0 Å². The Labute approximate surface area is 88.4 Å². The minimum atomic E-state index is -4.45. The number of ether oxygens (including phenoxy) is 1. The number of rotatable bonds is 2. The Kier molecular flexibility index (Phi) is 2.55. The van der Waals surface area contributed by atoms with Crippen molar-refractivity contribution < 1.29 is 22.4 Å². The third-order valence-corrected chi connectivity index (χ3v) is 1.83. The molecule has 2 rings (SSSR count). The number of hydrogen-bond donors (Lipinski definition) is 0. The van der Waals surface area contributed by atoms with Gasteiger partial charge in [-0.3, -0.25) is 0 Å². The predicted octanol–water partition coefficient (Wildman–Crippen LogP) is 3.49. The van der Waals surface area contributed by atoms with Crippen LogP contribution in [0.3, 0.4) is 0 Å². The monoisotopic (exact) mass is 229 g/mol. The van der Waals surface area contributed by atoms with Gasteiger partial charge in [0.15, 0.2) is 12.0 Å². The highest BCUT2D eigenvalue weighted by Crippen LogP contribution is 2.37. The number of hydrogen-bond acceptors (Lipinski definition) is 3. The highest BCUT2D eigenvalue weighted by molar-refractivity contribution is 5.38. The molecule has 3 nitrogen and oxygen atoms in total. The molecule has 0 spiro atoms. The smallest absolute Gasteiger partial charge is 0.419 e. The van der Waals surface area contributed by atoms with Gasteiger partial charge in [-0.2, -0.15) is 13.2 Å². The lowest BCUT2D eigenvalue weighted by atomic mass is 10.2. The minimum Gasteiger partial charge on any atom is -0.452 e. The van der Waals surface area contributed by atoms with Crippen LogP contribution in [0.1, 0.15) is 5.56 Å². The fourth-order valence-electron chi connectivity index (χ4n) is 1.16. The van der Waals surface area contributed by atoms with Crippen molar-refractivity contribution in [2.24, 2.45) is 0 Å². The first-order valence-electron chi connectivity index (χ1n) is 4.31. The lowest BCUT2D eigenvalue weighted by Gasteiger charge is -2.11. The van der Waals surface area contributed by atoms with E-state index in [1.165, 1.54) is 24.4 Å². The molecule has 0 unspecified atom stereocenters. The summed E-state index contributed by atoms with van der Waals surface area (Å²) in [6.45, 7) is 0. The van der Waals surface area contributed by atoms with Gasteiger partial charge >= 0.3 is 6.18 Å². The molecule has 0 amide bonds. The van der Waals surface area contributed by atoms with Crippen LogP contribution in [0.5, 0.6) is 11.5 Å². The Morgan fingerprint density at radius 3 is 2.56 bits per heavy atom. The van der Waals surface area contributed by atoms with Gasteiger partial charge in [0.1, 0.15) is 11.9 Å². The van der Waals surface area contributed by atoms with E-state index in [1.54, 1.807) is 0 Å². The first kappa shape index (κ1) is 10.5. The van der Waals surface area contributed by atoms with E-state index in [1.807, 2.05) is 0 Å². The van der Waals surface area contributed by atoms with Crippen LogP contribution in [-0.4, -0.2) is 5.16 Å². The molecule has 1 aromatic carbocycles. The maximum Gasteiger partial charge on any atom is 0.419 e. The summed E-state index contributed by atoms with van der Waals surface area (Å²) in [4.78, 5) is 0. The molecule has 0 N–H and O–H groups in total. The quantitative estimate of drug-likeness (QED) is 0.790. The second-order valence-electron chi connectivity index (χ2n) is 2.96. The van der Waals surface area contributed by atoms with Crippen LogP contribution in [0, 0.1) is 0 Å². The Balaban J connectivity index is 2.34. The average Bonchev–Trinajstić information content (AvgIpc) is 2.70. The van der Waals surface area contributed by atoms with Crippen LogP contribution in [-0.2, 0) is 6.18 Å². The standard InChI is InChI=1S/C10H6F3NO2/c11-10(12,13)8-3-1-2-4-9(8)16-7-5-14-15-6-7/h1-6H. The second-order valence-corrected chi connectivity index (χ2v) is 2.96. The van der Waals surface area contributed by atoms with Crippen molar-refractivity contribution in [1.29, 1.82) is 0 Å². The maximum atomic E-state index is 12.6. The molecule has 2 aromatic rings. The summed E-state index contributed by atoms with van der Waals surface area (Å²) in [6.07, 6.45) is -2.14. The lowest BCUT2D eigenvalue weighted by Crippen LogP contribution is -2.06. The van der Waals surface area contributed by atoms with Gasteiger partial charge < -0.3 is 9.26 Å². The normalized spacial score (nSPS) is 11.4. The van der Waals surface area contributed by atoms with Crippen LogP contribution in [0.2, 0.25) is 0 Å². The Morgan fingerprint density at radius 1 is 1.19 bits per heavy atom. The van der Waals surface area contributed by atoms with Gasteiger partial charge in [-0.25, -0.2) is 0 Å². The van der Waals surface area contributed by atoms with E-state index in [0.29, 0.717) is 0 Å². The Hall–Kier alpha value is -1.98. The molecule has 0 aliphatic rings. The zero-order chi connectivity index (χ0) is 11.6. The van der Waals surface area contributed by atoms with Crippen LogP contribution < -0.4 is 4.74 Å². The van der Waals surface area contributed by atoms with E-state index in [9.17, 15) is 13.2 Å². The fraction of sp³-hybridized carbons (Fsp3) is 0.100. The summed E-state index contributed by atoms with van der Waals surface area (Å²) in [7, 11) is 0. The van der Waals surface area contributed by atoms with Gasteiger partial charge in [0.2, 0.25) is 0 Å². The van der Waals surface area contributed by atoms with E-state index in [0.717, 1.165) is 12.3 Å². The first-order valence-corrected chi connectivity index (χ1v) is 4.31. The zero-order valence-corrected chi connectivity index (χ0v) is 7.86. The van der Waals surface area contributed by atoms with Crippen molar-refractivity contribution in [2.75, 3.05) is 0 Å². The molecule has 0 saturated heterocycles. The minimum absolute atomic E-state index is 0.122. The number of para-hydroxylation sites is 1. The molecule has 0 bridgehead atoms. The molecule has 0 radical (unpaired) electrons. The van der Waals surface area contributed by atoms with Gasteiger partial charge in [-0.05, 0) is 12.1 Å².